The molecule has 0 aromatic rings. The minimum absolute atomic E-state index is 0.0421. The number of rotatable bonds is 5. The van der Waals surface area contributed by atoms with Crippen molar-refractivity contribution in [2.75, 3.05) is 32.7 Å². The number of alkyl halides is 2. The molecule has 6 heteroatoms. The summed E-state index contributed by atoms with van der Waals surface area (Å²) < 4.78 is 25.7. The minimum Gasteiger partial charge on any atom is -0.353 e. The summed E-state index contributed by atoms with van der Waals surface area (Å²) in [4.78, 5) is 16.4. The summed E-state index contributed by atoms with van der Waals surface area (Å²) in [7, 11) is 0. The van der Waals surface area contributed by atoms with Crippen LogP contribution in [0, 0.1) is 5.92 Å². The fourth-order valence-electron chi connectivity index (χ4n) is 3.18. The first kappa shape index (κ1) is 16.6. The molecule has 0 bridgehead atoms. The molecule has 1 aliphatic heterocycles. The van der Waals surface area contributed by atoms with Crippen LogP contribution in [-0.2, 0) is 4.79 Å². The van der Waals surface area contributed by atoms with Gasteiger partial charge in [-0.1, -0.05) is 0 Å². The SMILES string of the molecule is CC(C)NC(=O)C(C)N1CCN(CC2CC(F)(F)C2)CC1. The molecule has 0 aromatic carbocycles. The molecule has 1 atom stereocenters. The number of nitrogens with zero attached hydrogens (tertiary/aromatic N) is 2. The highest BCUT2D eigenvalue weighted by Crippen LogP contribution is 2.42. The van der Waals surface area contributed by atoms with Gasteiger partial charge in [0.1, 0.15) is 0 Å². The number of amides is 1. The van der Waals surface area contributed by atoms with E-state index in [9.17, 15) is 13.6 Å². The zero-order valence-electron chi connectivity index (χ0n) is 13.2. The third kappa shape index (κ3) is 4.61. The van der Waals surface area contributed by atoms with Gasteiger partial charge in [0.25, 0.3) is 0 Å². The maximum absolute atomic E-state index is 12.8. The van der Waals surface area contributed by atoms with Gasteiger partial charge in [-0.25, -0.2) is 8.78 Å². The Balaban J connectivity index is 1.69. The average molecular weight is 303 g/mol. The third-order valence-corrected chi connectivity index (χ3v) is 4.46. The molecule has 1 saturated carbocycles. The van der Waals surface area contributed by atoms with E-state index in [2.05, 4.69) is 15.1 Å². The maximum atomic E-state index is 12.8. The van der Waals surface area contributed by atoms with Gasteiger partial charge in [0.05, 0.1) is 6.04 Å². The molecule has 1 unspecified atom stereocenters. The molecule has 1 saturated heterocycles. The van der Waals surface area contributed by atoms with Crippen LogP contribution in [0.15, 0.2) is 0 Å². The third-order valence-electron chi connectivity index (χ3n) is 4.46. The standard InChI is InChI=1S/C15H27F2N3O/c1-11(2)18-14(21)12(3)20-6-4-19(5-7-20)10-13-8-15(16,17)9-13/h11-13H,4-10H2,1-3H3,(H,18,21). The van der Waals surface area contributed by atoms with Crippen LogP contribution in [0.2, 0.25) is 0 Å². The van der Waals surface area contributed by atoms with Crippen LogP contribution in [0.5, 0.6) is 0 Å². The molecular weight excluding hydrogens is 276 g/mol. The Labute approximate surface area is 125 Å². The average Bonchev–Trinajstić information content (AvgIpc) is 2.36. The monoisotopic (exact) mass is 303 g/mol. The molecule has 1 amide bonds. The Bertz CT molecular complexity index is 360. The highest BCUT2D eigenvalue weighted by Gasteiger charge is 2.45. The fourth-order valence-corrected chi connectivity index (χ4v) is 3.18. The predicted octanol–water partition coefficient (Wildman–Crippen LogP) is 1.56. The molecule has 4 nitrogen and oxygen atoms in total. The lowest BCUT2D eigenvalue weighted by Crippen LogP contribution is -2.55. The van der Waals surface area contributed by atoms with E-state index >= 15 is 0 Å². The molecule has 0 aromatic heterocycles. The first-order chi connectivity index (χ1) is 9.77. The number of carbonyl (C=O) groups excluding carboxylic acids is 1. The van der Waals surface area contributed by atoms with Crippen LogP contribution in [0.25, 0.3) is 0 Å². The quantitative estimate of drug-likeness (QED) is 0.837. The molecule has 0 radical (unpaired) electrons. The highest BCUT2D eigenvalue weighted by molar-refractivity contribution is 5.81. The van der Waals surface area contributed by atoms with Crippen LogP contribution < -0.4 is 5.32 Å². The van der Waals surface area contributed by atoms with Crippen LogP contribution in [0.4, 0.5) is 8.78 Å². The Morgan fingerprint density at radius 1 is 1.19 bits per heavy atom. The Hall–Kier alpha value is -0.750. The van der Waals surface area contributed by atoms with Crippen molar-refractivity contribution in [3.05, 3.63) is 0 Å². The van der Waals surface area contributed by atoms with Gasteiger partial charge in [-0.3, -0.25) is 9.69 Å². The van der Waals surface area contributed by atoms with E-state index in [1.54, 1.807) is 0 Å². The number of hydrogen-bond acceptors (Lipinski definition) is 3. The number of nitrogens with one attached hydrogen (secondary N) is 1. The van der Waals surface area contributed by atoms with Crippen LogP contribution in [0.3, 0.4) is 0 Å². The van der Waals surface area contributed by atoms with Gasteiger partial charge < -0.3 is 10.2 Å². The molecule has 1 heterocycles. The predicted molar refractivity (Wildman–Crippen MR) is 78.4 cm³/mol. The molecule has 1 N–H and O–H groups in total. The van der Waals surface area contributed by atoms with Crippen molar-refractivity contribution in [1.82, 2.24) is 15.1 Å². The minimum atomic E-state index is -2.42. The highest BCUT2D eigenvalue weighted by atomic mass is 19.3. The summed E-state index contributed by atoms with van der Waals surface area (Å²) in [5, 5.41) is 2.93. The van der Waals surface area contributed by atoms with Crippen molar-refractivity contribution >= 4 is 5.91 Å². The number of piperazine rings is 1. The summed E-state index contributed by atoms with van der Waals surface area (Å²) in [5.41, 5.74) is 0. The molecule has 0 spiro atoms. The summed E-state index contributed by atoms with van der Waals surface area (Å²) >= 11 is 0. The normalized spacial score (nSPS) is 25.6. The number of carbonyl (C=O) groups is 1. The van der Waals surface area contributed by atoms with Crippen LogP contribution in [-0.4, -0.2) is 66.4 Å². The lowest BCUT2D eigenvalue weighted by atomic mass is 9.81. The first-order valence-corrected chi connectivity index (χ1v) is 7.91. The molecule has 2 rings (SSSR count). The fraction of sp³-hybridized carbons (Fsp3) is 0.933. The van der Waals surface area contributed by atoms with Gasteiger partial charge in [0.15, 0.2) is 0 Å². The van der Waals surface area contributed by atoms with Crippen molar-refractivity contribution in [3.63, 3.8) is 0 Å². The van der Waals surface area contributed by atoms with E-state index in [0.29, 0.717) is 0 Å². The topological polar surface area (TPSA) is 35.6 Å². The molecule has 2 fully saturated rings. The summed E-state index contributed by atoms with van der Waals surface area (Å²) in [5.74, 6) is -2.21. The maximum Gasteiger partial charge on any atom is 0.248 e. The Morgan fingerprint density at radius 2 is 1.76 bits per heavy atom. The summed E-state index contributed by atoms with van der Waals surface area (Å²) in [6.07, 6.45) is 0.0841. The van der Waals surface area contributed by atoms with Crippen molar-refractivity contribution in [1.29, 1.82) is 0 Å². The van der Waals surface area contributed by atoms with Crippen LogP contribution >= 0.6 is 0 Å². The Kier molecular flexibility index (Phi) is 5.20. The van der Waals surface area contributed by atoms with E-state index in [-0.39, 0.29) is 36.8 Å². The Morgan fingerprint density at radius 3 is 2.24 bits per heavy atom. The molecule has 122 valence electrons. The molecular formula is C15H27F2N3O. The van der Waals surface area contributed by atoms with E-state index in [0.717, 1.165) is 32.7 Å². The lowest BCUT2D eigenvalue weighted by molar-refractivity contribution is -0.128. The smallest absolute Gasteiger partial charge is 0.248 e. The zero-order valence-corrected chi connectivity index (χ0v) is 13.2. The van der Waals surface area contributed by atoms with E-state index < -0.39 is 5.92 Å². The molecule has 21 heavy (non-hydrogen) atoms. The lowest BCUT2D eigenvalue weighted by Gasteiger charge is -2.42. The molecule has 2 aliphatic rings. The van der Waals surface area contributed by atoms with Gasteiger partial charge in [-0.2, -0.15) is 0 Å². The second-order valence-corrected chi connectivity index (χ2v) is 6.81. The second kappa shape index (κ2) is 6.57. The first-order valence-electron chi connectivity index (χ1n) is 7.91. The van der Waals surface area contributed by atoms with Gasteiger partial charge >= 0.3 is 0 Å². The van der Waals surface area contributed by atoms with Crippen molar-refractivity contribution in [2.45, 2.75) is 51.6 Å². The largest absolute Gasteiger partial charge is 0.353 e. The molecule has 1 aliphatic carbocycles. The van der Waals surface area contributed by atoms with Gasteiger partial charge in [-0.05, 0) is 26.7 Å². The van der Waals surface area contributed by atoms with E-state index in [1.165, 1.54) is 0 Å². The van der Waals surface area contributed by atoms with Gasteiger partial charge in [0, 0.05) is 51.6 Å². The van der Waals surface area contributed by atoms with E-state index in [4.69, 9.17) is 0 Å². The van der Waals surface area contributed by atoms with Gasteiger partial charge in [0.2, 0.25) is 11.8 Å². The van der Waals surface area contributed by atoms with Crippen molar-refractivity contribution in [3.8, 4) is 0 Å². The summed E-state index contributed by atoms with van der Waals surface area (Å²) in [6, 6.07) is 0.0316. The number of halogens is 2. The van der Waals surface area contributed by atoms with Crippen molar-refractivity contribution in [2.24, 2.45) is 5.92 Å². The number of hydrogen-bond donors (Lipinski definition) is 1. The second-order valence-electron chi connectivity index (χ2n) is 6.81. The summed E-state index contributed by atoms with van der Waals surface area (Å²) in [6.45, 7) is 10.00. The zero-order chi connectivity index (χ0) is 15.6. The van der Waals surface area contributed by atoms with Crippen molar-refractivity contribution < 1.29 is 13.6 Å². The van der Waals surface area contributed by atoms with Gasteiger partial charge in [-0.15, -0.1) is 0 Å². The van der Waals surface area contributed by atoms with Crippen LogP contribution in [0.1, 0.15) is 33.6 Å². The van der Waals surface area contributed by atoms with E-state index in [1.807, 2.05) is 20.8 Å².